The molecule has 0 saturated heterocycles. The van der Waals surface area contributed by atoms with Gasteiger partial charge in [-0.05, 0) is 28.1 Å². The lowest BCUT2D eigenvalue weighted by molar-refractivity contribution is 0.623. The molecule has 0 aliphatic carbocycles. The van der Waals surface area contributed by atoms with Crippen LogP contribution in [-0.4, -0.2) is 10.2 Å². The number of aromatic nitrogens is 2. The highest BCUT2D eigenvalue weighted by Crippen LogP contribution is 2.23. The third-order valence-electron chi connectivity index (χ3n) is 1.71. The topological polar surface area (TPSA) is 52.5 Å². The molecule has 5 heteroatoms. The first-order chi connectivity index (χ1) is 6.22. The fourth-order valence-corrected chi connectivity index (χ4v) is 1.44. The van der Waals surface area contributed by atoms with Gasteiger partial charge in [0.05, 0.1) is 9.99 Å². The molecule has 0 atom stereocenters. The van der Waals surface area contributed by atoms with Gasteiger partial charge in [-0.25, -0.2) is 4.39 Å². The summed E-state index contributed by atoms with van der Waals surface area (Å²) in [6.07, 6.45) is 0. The van der Waals surface area contributed by atoms with Gasteiger partial charge < -0.3 is 0 Å². The lowest BCUT2D eigenvalue weighted by Gasteiger charge is -1.93. The number of aromatic amines is 1. The molecule has 13 heavy (non-hydrogen) atoms. The van der Waals surface area contributed by atoms with Crippen LogP contribution in [0.5, 0.6) is 0 Å². The standard InChI is InChI=1S/C8H3BrFN3/c9-5-2-7-4(1-6(5)10)8(3-11)13-12-7/h1-2H,(H,12,13). The van der Waals surface area contributed by atoms with E-state index in [0.717, 1.165) is 0 Å². The molecular weight excluding hydrogens is 237 g/mol. The van der Waals surface area contributed by atoms with Crippen molar-refractivity contribution >= 4 is 26.8 Å². The molecule has 2 aromatic rings. The van der Waals surface area contributed by atoms with Crippen molar-refractivity contribution in [2.45, 2.75) is 0 Å². The molecule has 1 aromatic carbocycles. The summed E-state index contributed by atoms with van der Waals surface area (Å²) in [5.74, 6) is -0.398. The molecule has 0 aliphatic rings. The van der Waals surface area contributed by atoms with Gasteiger partial charge in [0.25, 0.3) is 0 Å². The molecule has 0 aliphatic heterocycles. The Morgan fingerprint density at radius 1 is 1.54 bits per heavy atom. The summed E-state index contributed by atoms with van der Waals surface area (Å²) in [5, 5.41) is 15.5. The van der Waals surface area contributed by atoms with Crippen LogP contribution in [0.4, 0.5) is 4.39 Å². The van der Waals surface area contributed by atoms with E-state index in [1.807, 2.05) is 6.07 Å². The van der Waals surface area contributed by atoms with Crippen LogP contribution in [0.15, 0.2) is 16.6 Å². The fourth-order valence-electron chi connectivity index (χ4n) is 1.10. The summed E-state index contributed by atoms with van der Waals surface area (Å²) in [6.45, 7) is 0. The summed E-state index contributed by atoms with van der Waals surface area (Å²) in [7, 11) is 0. The number of nitriles is 1. The van der Waals surface area contributed by atoms with Gasteiger partial charge in [-0.3, -0.25) is 5.10 Å². The van der Waals surface area contributed by atoms with E-state index in [1.165, 1.54) is 6.07 Å². The second-order valence-corrected chi connectivity index (χ2v) is 3.35. The molecule has 0 spiro atoms. The molecule has 0 radical (unpaired) electrons. The van der Waals surface area contributed by atoms with Crippen LogP contribution in [0, 0.1) is 17.1 Å². The number of fused-ring (bicyclic) bond motifs is 1. The Bertz CT molecular complexity index is 512. The summed E-state index contributed by atoms with van der Waals surface area (Å²) >= 11 is 3.04. The normalized spacial score (nSPS) is 10.2. The van der Waals surface area contributed by atoms with Gasteiger partial charge in [-0.1, -0.05) is 0 Å². The first-order valence-corrected chi connectivity index (χ1v) is 4.25. The van der Waals surface area contributed by atoms with Gasteiger partial charge in [0.2, 0.25) is 0 Å². The molecule has 0 unspecified atom stereocenters. The predicted molar refractivity (Wildman–Crippen MR) is 48.5 cm³/mol. The molecular formula is C8H3BrFN3. The van der Waals surface area contributed by atoms with Gasteiger partial charge in [0.1, 0.15) is 11.9 Å². The molecule has 0 bridgehead atoms. The van der Waals surface area contributed by atoms with Gasteiger partial charge >= 0.3 is 0 Å². The van der Waals surface area contributed by atoms with E-state index < -0.39 is 5.82 Å². The Hall–Kier alpha value is -1.41. The highest BCUT2D eigenvalue weighted by Gasteiger charge is 2.08. The maximum Gasteiger partial charge on any atom is 0.170 e. The second kappa shape index (κ2) is 2.82. The lowest BCUT2D eigenvalue weighted by Crippen LogP contribution is -1.78. The van der Waals surface area contributed by atoms with E-state index in [9.17, 15) is 4.39 Å². The van der Waals surface area contributed by atoms with Crippen molar-refractivity contribution in [3.8, 4) is 6.07 Å². The molecule has 64 valence electrons. The average molecular weight is 240 g/mol. The molecule has 0 fully saturated rings. The molecule has 2 rings (SSSR count). The Kier molecular flexibility index (Phi) is 1.78. The molecule has 0 amide bonds. The van der Waals surface area contributed by atoms with Gasteiger partial charge in [-0.15, -0.1) is 0 Å². The van der Waals surface area contributed by atoms with E-state index in [4.69, 9.17) is 5.26 Å². The molecule has 1 heterocycles. The monoisotopic (exact) mass is 239 g/mol. The largest absolute Gasteiger partial charge is 0.276 e. The third kappa shape index (κ3) is 1.19. The number of benzene rings is 1. The minimum Gasteiger partial charge on any atom is -0.276 e. The second-order valence-electron chi connectivity index (χ2n) is 2.50. The van der Waals surface area contributed by atoms with Crippen LogP contribution >= 0.6 is 15.9 Å². The minimum absolute atomic E-state index is 0.210. The van der Waals surface area contributed by atoms with Crippen LogP contribution in [0.2, 0.25) is 0 Å². The van der Waals surface area contributed by atoms with Crippen LogP contribution in [0.3, 0.4) is 0 Å². The molecule has 1 N–H and O–H groups in total. The minimum atomic E-state index is -0.398. The Balaban J connectivity index is 2.86. The van der Waals surface area contributed by atoms with E-state index >= 15 is 0 Å². The summed E-state index contributed by atoms with van der Waals surface area (Å²) in [6, 6.07) is 4.71. The zero-order valence-corrected chi connectivity index (χ0v) is 7.89. The van der Waals surface area contributed by atoms with E-state index in [0.29, 0.717) is 15.4 Å². The van der Waals surface area contributed by atoms with Crippen LogP contribution in [0.25, 0.3) is 10.9 Å². The number of H-pyrrole nitrogens is 1. The van der Waals surface area contributed by atoms with Crippen LogP contribution in [0.1, 0.15) is 5.69 Å². The first kappa shape index (κ1) is 8.20. The van der Waals surface area contributed by atoms with Gasteiger partial charge in [-0.2, -0.15) is 10.4 Å². The van der Waals surface area contributed by atoms with Crippen molar-refractivity contribution in [2.24, 2.45) is 0 Å². The van der Waals surface area contributed by atoms with Crippen molar-refractivity contribution in [1.82, 2.24) is 10.2 Å². The quantitative estimate of drug-likeness (QED) is 0.768. The van der Waals surface area contributed by atoms with Gasteiger partial charge in [0.15, 0.2) is 5.69 Å². The van der Waals surface area contributed by atoms with E-state index in [1.54, 1.807) is 6.07 Å². The Morgan fingerprint density at radius 3 is 3.00 bits per heavy atom. The zero-order chi connectivity index (χ0) is 9.42. The molecule has 0 saturated carbocycles. The van der Waals surface area contributed by atoms with Crippen molar-refractivity contribution in [2.75, 3.05) is 0 Å². The summed E-state index contributed by atoms with van der Waals surface area (Å²) in [5.41, 5.74) is 0.853. The number of nitrogens with one attached hydrogen (secondary N) is 1. The number of halogens is 2. The highest BCUT2D eigenvalue weighted by molar-refractivity contribution is 9.10. The van der Waals surface area contributed by atoms with Crippen molar-refractivity contribution in [1.29, 1.82) is 5.26 Å². The summed E-state index contributed by atoms with van der Waals surface area (Å²) < 4.78 is 13.4. The number of hydrogen-bond donors (Lipinski definition) is 1. The number of nitrogens with zero attached hydrogens (tertiary/aromatic N) is 2. The lowest BCUT2D eigenvalue weighted by atomic mass is 10.2. The smallest absolute Gasteiger partial charge is 0.170 e. The average Bonchev–Trinajstić information content (AvgIpc) is 2.48. The van der Waals surface area contributed by atoms with E-state index in [2.05, 4.69) is 26.1 Å². The fraction of sp³-hybridized carbons (Fsp3) is 0. The maximum absolute atomic E-state index is 13.0. The Labute approximate surface area is 81.3 Å². The molecule has 1 aromatic heterocycles. The summed E-state index contributed by atoms with van der Waals surface area (Å²) in [4.78, 5) is 0. The highest BCUT2D eigenvalue weighted by atomic mass is 79.9. The zero-order valence-electron chi connectivity index (χ0n) is 6.31. The van der Waals surface area contributed by atoms with Crippen LogP contribution < -0.4 is 0 Å². The predicted octanol–water partition coefficient (Wildman–Crippen LogP) is 2.34. The van der Waals surface area contributed by atoms with E-state index in [-0.39, 0.29) is 5.69 Å². The number of hydrogen-bond acceptors (Lipinski definition) is 2. The van der Waals surface area contributed by atoms with Crippen molar-refractivity contribution in [3.05, 3.63) is 28.1 Å². The Morgan fingerprint density at radius 2 is 2.31 bits per heavy atom. The number of rotatable bonds is 0. The van der Waals surface area contributed by atoms with Gasteiger partial charge in [0, 0.05) is 5.39 Å². The van der Waals surface area contributed by atoms with Crippen molar-refractivity contribution < 1.29 is 4.39 Å². The molecule has 3 nitrogen and oxygen atoms in total. The third-order valence-corrected chi connectivity index (χ3v) is 2.32. The maximum atomic E-state index is 13.0. The van der Waals surface area contributed by atoms with Crippen molar-refractivity contribution in [3.63, 3.8) is 0 Å². The SMILES string of the molecule is N#Cc1n[nH]c2cc(Br)c(F)cc12. The van der Waals surface area contributed by atoms with Crippen LogP contribution in [-0.2, 0) is 0 Å². The first-order valence-electron chi connectivity index (χ1n) is 3.45.